The van der Waals surface area contributed by atoms with E-state index in [-0.39, 0.29) is 0 Å². The van der Waals surface area contributed by atoms with Crippen LogP contribution in [-0.4, -0.2) is 7.05 Å². The molecule has 0 aromatic carbocycles. The zero-order chi connectivity index (χ0) is 12.1. The molecule has 0 aliphatic rings. The van der Waals surface area contributed by atoms with Crippen LogP contribution in [0.4, 0.5) is 0 Å². The van der Waals surface area contributed by atoms with Crippen LogP contribution in [0.5, 0.6) is 0 Å². The molecule has 1 nitrogen and oxygen atoms in total. The second kappa shape index (κ2) is 6.34. The maximum Gasteiger partial charge on any atom is 0.0412 e. The van der Waals surface area contributed by atoms with Gasteiger partial charge in [-0.15, -0.1) is 22.7 Å². The molecule has 2 heterocycles. The van der Waals surface area contributed by atoms with Gasteiger partial charge in [0.25, 0.3) is 0 Å². The Labute approximate surface area is 112 Å². The topological polar surface area (TPSA) is 12.0 Å². The van der Waals surface area contributed by atoms with E-state index in [1.165, 1.54) is 33.9 Å². The number of hydrogen-bond donors (Lipinski definition) is 1. The molecular formula is C14H19NS2. The number of thiophene rings is 2. The number of nitrogens with one attached hydrogen (secondary N) is 1. The van der Waals surface area contributed by atoms with E-state index in [1.54, 1.807) is 0 Å². The van der Waals surface area contributed by atoms with Crippen LogP contribution >= 0.6 is 22.7 Å². The van der Waals surface area contributed by atoms with Crippen molar-refractivity contribution in [2.45, 2.75) is 32.2 Å². The maximum absolute atomic E-state index is 3.43. The molecule has 1 N–H and O–H groups in total. The molecule has 2 rings (SSSR count). The van der Waals surface area contributed by atoms with Gasteiger partial charge in [-0.25, -0.2) is 0 Å². The highest BCUT2D eigenvalue weighted by Crippen LogP contribution is 2.26. The number of aryl methyl sites for hydroxylation is 2. The van der Waals surface area contributed by atoms with E-state index >= 15 is 0 Å². The first-order valence-corrected chi connectivity index (χ1v) is 7.75. The van der Waals surface area contributed by atoms with E-state index in [0.29, 0.717) is 6.04 Å². The second-order valence-corrected chi connectivity index (χ2v) is 6.61. The van der Waals surface area contributed by atoms with Gasteiger partial charge < -0.3 is 5.32 Å². The third kappa shape index (κ3) is 3.66. The normalized spacial score (nSPS) is 12.8. The number of rotatable bonds is 6. The van der Waals surface area contributed by atoms with E-state index in [4.69, 9.17) is 0 Å². The van der Waals surface area contributed by atoms with Crippen molar-refractivity contribution in [3.05, 3.63) is 44.3 Å². The van der Waals surface area contributed by atoms with E-state index in [9.17, 15) is 0 Å². The summed E-state index contributed by atoms with van der Waals surface area (Å²) in [5.74, 6) is 0. The molecule has 0 aliphatic heterocycles. The van der Waals surface area contributed by atoms with Crippen LogP contribution in [0.1, 0.15) is 33.5 Å². The molecule has 0 saturated carbocycles. The summed E-state index contributed by atoms with van der Waals surface area (Å²) >= 11 is 3.77. The minimum atomic E-state index is 0.522. The molecule has 0 aliphatic carbocycles. The standard InChI is InChI=1S/C14H19NS2/c1-11-8-9-14(17-11)13(15-2)7-3-5-12-6-4-10-16-12/h4,6,8-10,13,15H,3,5,7H2,1-2H3. The van der Waals surface area contributed by atoms with Crippen molar-refractivity contribution in [1.29, 1.82) is 0 Å². The van der Waals surface area contributed by atoms with Gasteiger partial charge in [-0.05, 0) is 56.8 Å². The first kappa shape index (κ1) is 12.8. The molecule has 1 unspecified atom stereocenters. The lowest BCUT2D eigenvalue weighted by molar-refractivity contribution is 0.536. The van der Waals surface area contributed by atoms with Crippen LogP contribution < -0.4 is 5.32 Å². The highest BCUT2D eigenvalue weighted by molar-refractivity contribution is 7.12. The molecule has 0 saturated heterocycles. The molecule has 3 heteroatoms. The first-order chi connectivity index (χ1) is 8.29. The third-order valence-corrected chi connectivity index (χ3v) is 5.00. The Morgan fingerprint density at radius 1 is 1.29 bits per heavy atom. The molecule has 2 aromatic rings. The van der Waals surface area contributed by atoms with Crippen LogP contribution in [-0.2, 0) is 6.42 Å². The Hall–Kier alpha value is -0.640. The summed E-state index contributed by atoms with van der Waals surface area (Å²) in [4.78, 5) is 4.37. The fourth-order valence-electron chi connectivity index (χ4n) is 2.00. The zero-order valence-electron chi connectivity index (χ0n) is 10.4. The summed E-state index contributed by atoms with van der Waals surface area (Å²) in [5.41, 5.74) is 0. The highest BCUT2D eigenvalue weighted by atomic mass is 32.1. The van der Waals surface area contributed by atoms with Crippen molar-refractivity contribution >= 4 is 22.7 Å². The van der Waals surface area contributed by atoms with Crippen molar-refractivity contribution in [3.8, 4) is 0 Å². The van der Waals surface area contributed by atoms with Crippen LogP contribution in [0.3, 0.4) is 0 Å². The predicted octanol–water partition coefficient (Wildman–Crippen LogP) is 4.40. The lowest BCUT2D eigenvalue weighted by atomic mass is 10.1. The molecule has 1 atom stereocenters. The van der Waals surface area contributed by atoms with Crippen molar-refractivity contribution in [2.75, 3.05) is 7.05 Å². The first-order valence-electron chi connectivity index (χ1n) is 6.05. The summed E-state index contributed by atoms with van der Waals surface area (Å²) < 4.78 is 0. The van der Waals surface area contributed by atoms with Crippen molar-refractivity contribution in [2.24, 2.45) is 0 Å². The fraction of sp³-hybridized carbons (Fsp3) is 0.429. The third-order valence-electron chi connectivity index (χ3n) is 2.95. The summed E-state index contributed by atoms with van der Waals surface area (Å²) in [6.07, 6.45) is 3.68. The average molecular weight is 265 g/mol. The summed E-state index contributed by atoms with van der Waals surface area (Å²) in [6.45, 7) is 2.17. The Morgan fingerprint density at radius 2 is 2.18 bits per heavy atom. The van der Waals surface area contributed by atoms with Gasteiger partial charge in [-0.1, -0.05) is 6.07 Å². The summed E-state index contributed by atoms with van der Waals surface area (Å²) in [6, 6.07) is 9.36. The molecule has 92 valence electrons. The van der Waals surface area contributed by atoms with Gasteiger partial charge in [-0.3, -0.25) is 0 Å². The fourth-order valence-corrected chi connectivity index (χ4v) is 3.78. The molecule has 0 fully saturated rings. The van der Waals surface area contributed by atoms with Gasteiger partial charge in [0.2, 0.25) is 0 Å². The van der Waals surface area contributed by atoms with Gasteiger partial charge in [0.05, 0.1) is 0 Å². The zero-order valence-corrected chi connectivity index (χ0v) is 12.0. The molecule has 17 heavy (non-hydrogen) atoms. The van der Waals surface area contributed by atoms with Crippen LogP contribution in [0.25, 0.3) is 0 Å². The molecule has 0 spiro atoms. The van der Waals surface area contributed by atoms with Gasteiger partial charge in [0.1, 0.15) is 0 Å². The van der Waals surface area contributed by atoms with Gasteiger partial charge >= 0.3 is 0 Å². The quantitative estimate of drug-likeness (QED) is 0.816. The molecular weight excluding hydrogens is 246 g/mol. The van der Waals surface area contributed by atoms with E-state index in [1.807, 2.05) is 22.7 Å². The van der Waals surface area contributed by atoms with Gasteiger partial charge in [0, 0.05) is 20.7 Å². The summed E-state index contributed by atoms with van der Waals surface area (Å²) in [7, 11) is 2.06. The predicted molar refractivity (Wildman–Crippen MR) is 78.1 cm³/mol. The molecule has 2 aromatic heterocycles. The minimum absolute atomic E-state index is 0.522. The van der Waals surface area contributed by atoms with Gasteiger partial charge in [0.15, 0.2) is 0 Å². The molecule has 0 bridgehead atoms. The van der Waals surface area contributed by atoms with Crippen molar-refractivity contribution in [1.82, 2.24) is 5.32 Å². The van der Waals surface area contributed by atoms with Crippen molar-refractivity contribution in [3.63, 3.8) is 0 Å². The Morgan fingerprint density at radius 3 is 2.76 bits per heavy atom. The Kier molecular flexibility index (Phi) is 4.77. The lowest BCUT2D eigenvalue weighted by Crippen LogP contribution is -2.15. The van der Waals surface area contributed by atoms with Crippen LogP contribution in [0.2, 0.25) is 0 Å². The molecule has 0 amide bonds. The van der Waals surface area contributed by atoms with E-state index < -0.39 is 0 Å². The van der Waals surface area contributed by atoms with Crippen molar-refractivity contribution < 1.29 is 0 Å². The largest absolute Gasteiger partial charge is 0.312 e. The average Bonchev–Trinajstić information content (AvgIpc) is 2.96. The van der Waals surface area contributed by atoms with Gasteiger partial charge in [-0.2, -0.15) is 0 Å². The smallest absolute Gasteiger partial charge is 0.0412 e. The SMILES string of the molecule is CNC(CCCc1cccs1)c1ccc(C)s1. The second-order valence-electron chi connectivity index (χ2n) is 4.26. The minimum Gasteiger partial charge on any atom is -0.312 e. The lowest BCUT2D eigenvalue weighted by Gasteiger charge is -2.13. The maximum atomic E-state index is 3.43. The monoisotopic (exact) mass is 265 g/mol. The van der Waals surface area contributed by atoms with Crippen LogP contribution in [0, 0.1) is 6.92 Å². The Balaban J connectivity index is 1.84. The van der Waals surface area contributed by atoms with E-state index in [2.05, 4.69) is 48.9 Å². The summed E-state index contributed by atoms with van der Waals surface area (Å²) in [5, 5.41) is 5.59. The van der Waals surface area contributed by atoms with E-state index in [0.717, 1.165) is 0 Å². The van der Waals surface area contributed by atoms with Crippen LogP contribution in [0.15, 0.2) is 29.6 Å². The Bertz CT molecular complexity index is 431. The highest BCUT2D eigenvalue weighted by Gasteiger charge is 2.10. The number of hydrogen-bond acceptors (Lipinski definition) is 3. The molecule has 0 radical (unpaired) electrons.